The second kappa shape index (κ2) is 7.96. The van der Waals surface area contributed by atoms with Gasteiger partial charge in [0, 0.05) is 45.4 Å². The Hall–Kier alpha value is -1.63. The summed E-state index contributed by atoms with van der Waals surface area (Å²) in [6.45, 7) is 4.21. The third-order valence-electron chi connectivity index (χ3n) is 4.70. The smallest absolute Gasteiger partial charge is 0.223 e. The lowest BCUT2D eigenvalue weighted by atomic mass is 10.0. The van der Waals surface area contributed by atoms with Crippen molar-refractivity contribution in [3.8, 4) is 5.75 Å². The van der Waals surface area contributed by atoms with Crippen LogP contribution in [0.3, 0.4) is 0 Å². The van der Waals surface area contributed by atoms with Crippen molar-refractivity contribution < 1.29 is 19.0 Å². The molecule has 3 rings (SSSR count). The molecule has 1 amide bonds. The molecule has 1 spiro atoms. The summed E-state index contributed by atoms with van der Waals surface area (Å²) in [6, 6.07) is 7.94. The van der Waals surface area contributed by atoms with Crippen molar-refractivity contribution in [2.75, 3.05) is 40.0 Å². The zero-order valence-electron chi connectivity index (χ0n) is 14.3. The molecule has 2 aliphatic heterocycles. The molecule has 0 saturated carbocycles. The number of piperidine rings is 1. The normalized spacial score (nSPS) is 19.6. The van der Waals surface area contributed by atoms with Crippen LogP contribution >= 0.6 is 0 Å². The van der Waals surface area contributed by atoms with E-state index in [0.717, 1.165) is 38.2 Å². The van der Waals surface area contributed by atoms with Crippen molar-refractivity contribution >= 4 is 5.91 Å². The molecular formula is C18H26N2O4. The Morgan fingerprint density at radius 2 is 1.88 bits per heavy atom. The third-order valence-corrected chi connectivity index (χ3v) is 4.70. The van der Waals surface area contributed by atoms with Gasteiger partial charge < -0.3 is 24.4 Å². The predicted octanol–water partition coefficient (Wildman–Crippen LogP) is 1.54. The van der Waals surface area contributed by atoms with Crippen molar-refractivity contribution in [3.05, 3.63) is 29.8 Å². The maximum atomic E-state index is 12.3. The van der Waals surface area contributed by atoms with Crippen LogP contribution in [0.5, 0.6) is 5.75 Å². The number of ether oxygens (including phenoxy) is 3. The minimum absolute atomic E-state index is 0.199. The van der Waals surface area contributed by atoms with Gasteiger partial charge in [-0.25, -0.2) is 0 Å². The van der Waals surface area contributed by atoms with Gasteiger partial charge in [-0.1, -0.05) is 12.1 Å². The zero-order valence-corrected chi connectivity index (χ0v) is 14.3. The molecule has 0 atom stereocenters. The highest BCUT2D eigenvalue weighted by Crippen LogP contribution is 2.31. The van der Waals surface area contributed by atoms with Gasteiger partial charge in [0.15, 0.2) is 5.79 Å². The number of nitrogens with zero attached hydrogens (tertiary/aromatic N) is 1. The quantitative estimate of drug-likeness (QED) is 0.800. The van der Waals surface area contributed by atoms with Crippen molar-refractivity contribution in [2.24, 2.45) is 0 Å². The molecule has 2 heterocycles. The van der Waals surface area contributed by atoms with E-state index in [1.54, 1.807) is 7.11 Å². The summed E-state index contributed by atoms with van der Waals surface area (Å²) in [5, 5.41) is 3.32. The summed E-state index contributed by atoms with van der Waals surface area (Å²) >= 11 is 0. The standard InChI is InChI=1S/C18H26N2O4/c1-22-16-4-2-15(3-5-16)14-19-9-6-17(21)20-10-7-18(8-11-20)23-12-13-24-18/h2-5,19H,6-14H2,1H3. The SMILES string of the molecule is COc1ccc(CNCCC(=O)N2CCC3(CC2)OCCO3)cc1. The molecule has 2 aliphatic rings. The molecule has 2 saturated heterocycles. The molecule has 1 aromatic carbocycles. The van der Waals surface area contributed by atoms with E-state index in [1.807, 2.05) is 29.2 Å². The molecular weight excluding hydrogens is 308 g/mol. The number of nitrogens with one attached hydrogen (secondary N) is 1. The van der Waals surface area contributed by atoms with E-state index in [9.17, 15) is 4.79 Å². The number of hydrogen-bond acceptors (Lipinski definition) is 5. The molecule has 0 aliphatic carbocycles. The highest BCUT2D eigenvalue weighted by Gasteiger charge is 2.40. The van der Waals surface area contributed by atoms with Crippen LogP contribution in [0.15, 0.2) is 24.3 Å². The van der Waals surface area contributed by atoms with Crippen LogP contribution < -0.4 is 10.1 Å². The number of rotatable bonds is 6. The Labute approximate surface area is 143 Å². The fourth-order valence-electron chi connectivity index (χ4n) is 3.21. The first-order chi connectivity index (χ1) is 11.7. The Morgan fingerprint density at radius 1 is 1.21 bits per heavy atom. The molecule has 2 fully saturated rings. The predicted molar refractivity (Wildman–Crippen MR) is 89.8 cm³/mol. The molecule has 0 aromatic heterocycles. The van der Waals surface area contributed by atoms with Gasteiger partial charge in [-0.3, -0.25) is 4.79 Å². The highest BCUT2D eigenvalue weighted by molar-refractivity contribution is 5.76. The molecule has 1 N–H and O–H groups in total. The van der Waals surface area contributed by atoms with Gasteiger partial charge in [-0.05, 0) is 17.7 Å². The van der Waals surface area contributed by atoms with Gasteiger partial charge in [0.05, 0.1) is 20.3 Å². The molecule has 132 valence electrons. The van der Waals surface area contributed by atoms with E-state index < -0.39 is 5.79 Å². The van der Waals surface area contributed by atoms with Crippen LogP contribution in [0.1, 0.15) is 24.8 Å². The molecule has 1 aromatic rings. The van der Waals surface area contributed by atoms with Gasteiger partial charge in [-0.2, -0.15) is 0 Å². The van der Waals surface area contributed by atoms with Crippen LogP contribution in [0.25, 0.3) is 0 Å². The summed E-state index contributed by atoms with van der Waals surface area (Å²) in [7, 11) is 1.66. The van der Waals surface area contributed by atoms with E-state index in [2.05, 4.69) is 5.32 Å². The largest absolute Gasteiger partial charge is 0.497 e. The van der Waals surface area contributed by atoms with Crippen LogP contribution in [0.2, 0.25) is 0 Å². The second-order valence-electron chi connectivity index (χ2n) is 6.26. The monoisotopic (exact) mass is 334 g/mol. The maximum Gasteiger partial charge on any atom is 0.223 e. The number of hydrogen-bond donors (Lipinski definition) is 1. The molecule has 6 heteroatoms. The zero-order chi connectivity index (χ0) is 16.8. The Bertz CT molecular complexity index is 530. The van der Waals surface area contributed by atoms with Gasteiger partial charge in [0.1, 0.15) is 5.75 Å². The summed E-state index contributed by atoms with van der Waals surface area (Å²) in [6.07, 6.45) is 2.07. The Kier molecular flexibility index (Phi) is 5.71. The minimum Gasteiger partial charge on any atom is -0.497 e. The lowest BCUT2D eigenvalue weighted by Gasteiger charge is -2.37. The van der Waals surface area contributed by atoms with Crippen molar-refractivity contribution in [1.82, 2.24) is 10.2 Å². The van der Waals surface area contributed by atoms with Crippen molar-refractivity contribution in [3.63, 3.8) is 0 Å². The minimum atomic E-state index is -0.413. The summed E-state index contributed by atoms with van der Waals surface area (Å²) < 4.78 is 16.5. The summed E-state index contributed by atoms with van der Waals surface area (Å²) in [4.78, 5) is 14.2. The number of carbonyl (C=O) groups is 1. The topological polar surface area (TPSA) is 60.0 Å². The number of amides is 1. The number of methoxy groups -OCH3 is 1. The first kappa shape index (κ1) is 17.2. The fourth-order valence-corrected chi connectivity index (χ4v) is 3.21. The van der Waals surface area contributed by atoms with Crippen LogP contribution in [0, 0.1) is 0 Å². The summed E-state index contributed by atoms with van der Waals surface area (Å²) in [5.74, 6) is 0.640. The van der Waals surface area contributed by atoms with Crippen LogP contribution in [0.4, 0.5) is 0 Å². The van der Waals surface area contributed by atoms with E-state index in [0.29, 0.717) is 26.2 Å². The highest BCUT2D eigenvalue weighted by atomic mass is 16.7. The first-order valence-corrected chi connectivity index (χ1v) is 8.60. The molecule has 6 nitrogen and oxygen atoms in total. The number of likely N-dealkylation sites (tertiary alicyclic amines) is 1. The average molecular weight is 334 g/mol. The lowest BCUT2D eigenvalue weighted by molar-refractivity contribution is -0.187. The van der Waals surface area contributed by atoms with E-state index >= 15 is 0 Å². The van der Waals surface area contributed by atoms with Crippen LogP contribution in [-0.4, -0.2) is 56.6 Å². The second-order valence-corrected chi connectivity index (χ2v) is 6.26. The first-order valence-electron chi connectivity index (χ1n) is 8.60. The number of carbonyl (C=O) groups excluding carboxylic acids is 1. The van der Waals surface area contributed by atoms with E-state index in [-0.39, 0.29) is 5.91 Å². The van der Waals surface area contributed by atoms with Crippen LogP contribution in [-0.2, 0) is 20.8 Å². The molecule has 24 heavy (non-hydrogen) atoms. The van der Waals surface area contributed by atoms with Crippen molar-refractivity contribution in [1.29, 1.82) is 0 Å². The molecule has 0 radical (unpaired) electrons. The van der Waals surface area contributed by atoms with E-state index in [1.165, 1.54) is 5.56 Å². The van der Waals surface area contributed by atoms with Gasteiger partial charge in [-0.15, -0.1) is 0 Å². The van der Waals surface area contributed by atoms with Gasteiger partial charge >= 0.3 is 0 Å². The fraction of sp³-hybridized carbons (Fsp3) is 0.611. The van der Waals surface area contributed by atoms with Crippen molar-refractivity contribution in [2.45, 2.75) is 31.6 Å². The Balaban J connectivity index is 1.34. The van der Waals surface area contributed by atoms with Gasteiger partial charge in [0.2, 0.25) is 5.91 Å². The molecule has 0 unspecified atom stereocenters. The molecule has 0 bridgehead atoms. The Morgan fingerprint density at radius 3 is 2.50 bits per heavy atom. The maximum absolute atomic E-state index is 12.3. The summed E-state index contributed by atoms with van der Waals surface area (Å²) in [5.41, 5.74) is 1.18. The average Bonchev–Trinajstić information content (AvgIpc) is 3.07. The van der Waals surface area contributed by atoms with Gasteiger partial charge in [0.25, 0.3) is 0 Å². The number of benzene rings is 1. The lowest BCUT2D eigenvalue weighted by Crippen LogP contribution is -2.47. The third kappa shape index (κ3) is 4.26. The van der Waals surface area contributed by atoms with E-state index in [4.69, 9.17) is 14.2 Å².